The summed E-state index contributed by atoms with van der Waals surface area (Å²) in [5.74, 6) is 0.734. The summed E-state index contributed by atoms with van der Waals surface area (Å²) in [4.78, 5) is 0. The van der Waals surface area contributed by atoms with Gasteiger partial charge >= 0.3 is 0 Å². The van der Waals surface area contributed by atoms with Gasteiger partial charge in [0.2, 0.25) is 0 Å². The van der Waals surface area contributed by atoms with E-state index in [2.05, 4.69) is 43.4 Å². The third-order valence-electron chi connectivity index (χ3n) is 3.42. The second kappa shape index (κ2) is 7.48. The van der Waals surface area contributed by atoms with Crippen LogP contribution in [0.25, 0.3) is 0 Å². The van der Waals surface area contributed by atoms with E-state index in [9.17, 15) is 0 Å². The van der Waals surface area contributed by atoms with Gasteiger partial charge in [-0.1, -0.05) is 54.4 Å². The minimum absolute atomic E-state index is 0.160. The summed E-state index contributed by atoms with van der Waals surface area (Å²) in [6.07, 6.45) is 0. The van der Waals surface area contributed by atoms with Crippen molar-refractivity contribution >= 4 is 11.6 Å². The molecule has 2 nitrogen and oxygen atoms in total. The number of hydrogen-bond donors (Lipinski definition) is 1. The van der Waals surface area contributed by atoms with Gasteiger partial charge in [-0.15, -0.1) is 0 Å². The molecule has 2 aromatic rings. The van der Waals surface area contributed by atoms with E-state index < -0.39 is 0 Å². The normalized spacial score (nSPS) is 12.2. The number of rotatable bonds is 6. The summed E-state index contributed by atoms with van der Waals surface area (Å²) in [5.41, 5.74) is 3.62. The highest BCUT2D eigenvalue weighted by Gasteiger charge is 2.12. The zero-order valence-electron chi connectivity index (χ0n) is 12.8. The number of ether oxygens (including phenoxy) is 1. The Balaban J connectivity index is 2.07. The minimum atomic E-state index is 0.160. The van der Waals surface area contributed by atoms with Crippen LogP contribution < -0.4 is 10.1 Å². The molecule has 3 heteroatoms. The fourth-order valence-electron chi connectivity index (χ4n) is 2.21. The smallest absolute Gasteiger partial charge is 0.138 e. The van der Waals surface area contributed by atoms with Crippen molar-refractivity contribution in [2.45, 2.75) is 26.8 Å². The molecule has 0 aromatic heterocycles. The Hall–Kier alpha value is -1.51. The lowest BCUT2D eigenvalue weighted by molar-refractivity contribution is 0.268. The Morgan fingerprint density at radius 2 is 1.71 bits per heavy atom. The second-order valence-corrected chi connectivity index (χ2v) is 5.67. The third-order valence-corrected chi connectivity index (χ3v) is 3.72. The molecule has 21 heavy (non-hydrogen) atoms. The van der Waals surface area contributed by atoms with Gasteiger partial charge in [-0.25, -0.2) is 0 Å². The lowest BCUT2D eigenvalue weighted by Crippen LogP contribution is -2.26. The fraction of sp³-hybridized carbons (Fsp3) is 0.333. The van der Waals surface area contributed by atoms with Crippen LogP contribution in [0.1, 0.15) is 29.7 Å². The quantitative estimate of drug-likeness (QED) is 0.836. The van der Waals surface area contributed by atoms with Crippen LogP contribution in [0.4, 0.5) is 0 Å². The molecule has 0 aliphatic carbocycles. The zero-order chi connectivity index (χ0) is 15.2. The summed E-state index contributed by atoms with van der Waals surface area (Å²) in [7, 11) is 0. The molecule has 2 rings (SSSR count). The summed E-state index contributed by atoms with van der Waals surface area (Å²) in [6, 6.07) is 14.5. The molecular formula is C18H22ClNO. The van der Waals surface area contributed by atoms with Crippen LogP contribution in [0.15, 0.2) is 42.5 Å². The third kappa shape index (κ3) is 4.48. The van der Waals surface area contributed by atoms with Crippen LogP contribution in [0.3, 0.4) is 0 Å². The molecule has 1 atom stereocenters. The lowest BCUT2D eigenvalue weighted by Gasteiger charge is -2.20. The summed E-state index contributed by atoms with van der Waals surface area (Å²) < 4.78 is 5.90. The van der Waals surface area contributed by atoms with Gasteiger partial charge in [-0.2, -0.15) is 0 Å². The van der Waals surface area contributed by atoms with Crippen LogP contribution in [0.5, 0.6) is 5.75 Å². The zero-order valence-corrected chi connectivity index (χ0v) is 13.6. The van der Waals surface area contributed by atoms with Gasteiger partial charge < -0.3 is 10.1 Å². The van der Waals surface area contributed by atoms with Crippen molar-refractivity contribution in [2.24, 2.45) is 0 Å². The van der Waals surface area contributed by atoms with Crippen molar-refractivity contribution in [3.05, 3.63) is 64.2 Å². The topological polar surface area (TPSA) is 21.3 Å². The van der Waals surface area contributed by atoms with Crippen LogP contribution >= 0.6 is 11.6 Å². The SMILES string of the molecule is CCNC(COc1ccc(C)cc1Cl)c1ccc(C)cc1. The van der Waals surface area contributed by atoms with Crippen molar-refractivity contribution in [1.29, 1.82) is 0 Å². The number of halogens is 1. The van der Waals surface area contributed by atoms with Crippen molar-refractivity contribution in [1.82, 2.24) is 5.32 Å². The molecule has 0 aliphatic heterocycles. The molecule has 0 aliphatic rings. The first-order chi connectivity index (χ1) is 10.1. The Labute approximate surface area is 132 Å². The van der Waals surface area contributed by atoms with Crippen molar-refractivity contribution in [2.75, 3.05) is 13.2 Å². The average Bonchev–Trinajstić information content (AvgIpc) is 2.46. The predicted octanol–water partition coefficient (Wildman–Crippen LogP) is 4.69. The van der Waals surface area contributed by atoms with E-state index in [1.807, 2.05) is 25.1 Å². The Morgan fingerprint density at radius 1 is 1.05 bits per heavy atom. The Morgan fingerprint density at radius 3 is 2.33 bits per heavy atom. The van der Waals surface area contributed by atoms with E-state index in [-0.39, 0.29) is 6.04 Å². The van der Waals surface area contributed by atoms with Crippen LogP contribution in [0.2, 0.25) is 5.02 Å². The molecule has 0 spiro atoms. The number of likely N-dealkylation sites (N-methyl/N-ethyl adjacent to an activating group) is 1. The number of hydrogen-bond acceptors (Lipinski definition) is 2. The highest BCUT2D eigenvalue weighted by Crippen LogP contribution is 2.26. The Kier molecular flexibility index (Phi) is 5.66. The molecular weight excluding hydrogens is 282 g/mol. The molecule has 2 aromatic carbocycles. The number of aryl methyl sites for hydroxylation is 2. The molecule has 0 radical (unpaired) electrons. The van der Waals surface area contributed by atoms with Gasteiger partial charge in [0.25, 0.3) is 0 Å². The number of nitrogens with one attached hydrogen (secondary N) is 1. The molecule has 0 amide bonds. The maximum Gasteiger partial charge on any atom is 0.138 e. The van der Waals surface area contributed by atoms with E-state index in [0.29, 0.717) is 11.6 Å². The first-order valence-corrected chi connectivity index (χ1v) is 7.67. The van der Waals surface area contributed by atoms with E-state index in [0.717, 1.165) is 17.9 Å². The van der Waals surface area contributed by atoms with Crippen molar-refractivity contribution in [3.63, 3.8) is 0 Å². The van der Waals surface area contributed by atoms with Gasteiger partial charge in [-0.05, 0) is 43.7 Å². The van der Waals surface area contributed by atoms with Gasteiger partial charge in [0.05, 0.1) is 11.1 Å². The second-order valence-electron chi connectivity index (χ2n) is 5.27. The van der Waals surface area contributed by atoms with E-state index >= 15 is 0 Å². The largest absolute Gasteiger partial charge is 0.490 e. The minimum Gasteiger partial charge on any atom is -0.490 e. The molecule has 0 bridgehead atoms. The van der Waals surface area contributed by atoms with Gasteiger partial charge in [-0.3, -0.25) is 0 Å². The predicted molar refractivity (Wildman–Crippen MR) is 89.3 cm³/mol. The molecule has 0 heterocycles. The standard InChI is InChI=1S/C18H22ClNO/c1-4-20-17(15-8-5-13(2)6-9-15)12-21-18-10-7-14(3)11-16(18)19/h5-11,17,20H,4,12H2,1-3H3. The average molecular weight is 304 g/mol. The van der Waals surface area contributed by atoms with Crippen molar-refractivity contribution in [3.8, 4) is 5.75 Å². The maximum atomic E-state index is 6.21. The highest BCUT2D eigenvalue weighted by atomic mass is 35.5. The van der Waals surface area contributed by atoms with Crippen LogP contribution in [-0.2, 0) is 0 Å². The lowest BCUT2D eigenvalue weighted by atomic mass is 10.1. The first-order valence-electron chi connectivity index (χ1n) is 7.29. The molecule has 0 saturated carbocycles. The van der Waals surface area contributed by atoms with E-state index in [4.69, 9.17) is 16.3 Å². The molecule has 112 valence electrons. The van der Waals surface area contributed by atoms with Gasteiger partial charge in [0.15, 0.2) is 0 Å². The molecule has 1 unspecified atom stereocenters. The summed E-state index contributed by atoms with van der Waals surface area (Å²) in [5, 5.41) is 4.11. The van der Waals surface area contributed by atoms with Crippen molar-refractivity contribution < 1.29 is 4.74 Å². The maximum absolute atomic E-state index is 6.21. The molecule has 0 saturated heterocycles. The van der Waals surface area contributed by atoms with Crippen LogP contribution in [0, 0.1) is 13.8 Å². The van der Waals surface area contributed by atoms with Gasteiger partial charge in [0, 0.05) is 0 Å². The number of benzene rings is 2. The summed E-state index contributed by atoms with van der Waals surface area (Å²) >= 11 is 6.21. The summed E-state index contributed by atoms with van der Waals surface area (Å²) in [6.45, 7) is 7.65. The fourth-order valence-corrected chi connectivity index (χ4v) is 2.50. The first kappa shape index (κ1) is 15.9. The van der Waals surface area contributed by atoms with E-state index in [1.54, 1.807) is 0 Å². The Bertz CT molecular complexity index is 580. The van der Waals surface area contributed by atoms with Crippen LogP contribution in [-0.4, -0.2) is 13.2 Å². The molecule has 1 N–H and O–H groups in total. The van der Waals surface area contributed by atoms with Gasteiger partial charge in [0.1, 0.15) is 12.4 Å². The molecule has 0 fully saturated rings. The van der Waals surface area contributed by atoms with E-state index in [1.165, 1.54) is 11.1 Å². The highest BCUT2D eigenvalue weighted by molar-refractivity contribution is 6.32. The monoisotopic (exact) mass is 303 g/mol.